The third-order valence-corrected chi connectivity index (χ3v) is 5.93. The van der Waals surface area contributed by atoms with Crippen LogP contribution in [0.3, 0.4) is 0 Å². The summed E-state index contributed by atoms with van der Waals surface area (Å²) in [7, 11) is 1.89. The number of rotatable bonds is 5. The van der Waals surface area contributed by atoms with E-state index in [-0.39, 0.29) is 12.3 Å². The minimum absolute atomic E-state index is 0.290. The zero-order chi connectivity index (χ0) is 16.6. The van der Waals surface area contributed by atoms with Crippen LogP contribution < -0.4 is 5.73 Å². The molecule has 2 aromatic heterocycles. The second kappa shape index (κ2) is 6.54. The van der Waals surface area contributed by atoms with Crippen LogP contribution in [0.1, 0.15) is 35.7 Å². The number of thiophene rings is 1. The van der Waals surface area contributed by atoms with E-state index in [9.17, 15) is 4.79 Å². The zero-order valence-electron chi connectivity index (χ0n) is 13.4. The van der Waals surface area contributed by atoms with Crippen molar-refractivity contribution in [3.05, 3.63) is 32.5 Å². The van der Waals surface area contributed by atoms with Crippen LogP contribution >= 0.6 is 23.6 Å². The van der Waals surface area contributed by atoms with Gasteiger partial charge in [0.05, 0.1) is 6.67 Å². The maximum absolute atomic E-state index is 11.0. The minimum atomic E-state index is -0.319. The van der Waals surface area contributed by atoms with Gasteiger partial charge >= 0.3 is 0 Å². The van der Waals surface area contributed by atoms with Crippen molar-refractivity contribution in [2.75, 3.05) is 6.54 Å². The molecule has 0 fully saturated rings. The molecule has 0 aromatic carbocycles. The van der Waals surface area contributed by atoms with Crippen LogP contribution in [0.15, 0.2) is 11.4 Å². The molecule has 0 bridgehead atoms. The van der Waals surface area contributed by atoms with E-state index in [1.54, 1.807) is 0 Å². The number of amides is 1. The number of hydrogen-bond acceptors (Lipinski definition) is 5. The first-order chi connectivity index (χ1) is 11.0. The molecule has 2 aromatic rings. The first kappa shape index (κ1) is 16.4. The first-order valence-electron chi connectivity index (χ1n) is 7.68. The summed E-state index contributed by atoms with van der Waals surface area (Å²) in [6, 6.07) is 2.58. The lowest BCUT2D eigenvalue weighted by atomic mass is 10.0. The Bertz CT molecular complexity index is 775. The van der Waals surface area contributed by atoms with Crippen LogP contribution in [-0.2, 0) is 31.4 Å². The summed E-state index contributed by atoms with van der Waals surface area (Å²) >= 11 is 7.32. The van der Waals surface area contributed by atoms with Gasteiger partial charge in [-0.1, -0.05) is 0 Å². The standard InChI is InChI=1S/C15H21N5OS2/c1-10-11-6-8-23-12(11)5-7-19(10)9-20-15(22)18(2)14(17-20)4-3-13(16)21/h6,8,10H,3-5,7,9H2,1-2H3,(H2,16,21). The molecular formula is C15H21N5OS2. The number of fused-ring (bicyclic) bond motifs is 1. The van der Waals surface area contributed by atoms with Crippen molar-refractivity contribution in [3.8, 4) is 0 Å². The molecule has 3 rings (SSSR count). The Balaban J connectivity index is 1.77. The van der Waals surface area contributed by atoms with Crippen molar-refractivity contribution in [1.29, 1.82) is 0 Å². The Kier molecular flexibility index (Phi) is 4.65. The van der Waals surface area contributed by atoms with Gasteiger partial charge in [-0.15, -0.1) is 11.3 Å². The monoisotopic (exact) mass is 351 g/mol. The molecular weight excluding hydrogens is 330 g/mol. The number of hydrogen-bond donors (Lipinski definition) is 1. The smallest absolute Gasteiger partial charge is 0.217 e. The van der Waals surface area contributed by atoms with E-state index in [1.165, 1.54) is 10.4 Å². The van der Waals surface area contributed by atoms with Gasteiger partial charge in [0.15, 0.2) is 4.77 Å². The van der Waals surface area contributed by atoms with Gasteiger partial charge in [0.25, 0.3) is 0 Å². The largest absolute Gasteiger partial charge is 0.370 e. The van der Waals surface area contributed by atoms with Gasteiger partial charge in [-0.2, -0.15) is 5.10 Å². The van der Waals surface area contributed by atoms with Crippen LogP contribution in [0, 0.1) is 4.77 Å². The van der Waals surface area contributed by atoms with Crippen LogP contribution in [0.2, 0.25) is 0 Å². The Morgan fingerprint density at radius 2 is 2.35 bits per heavy atom. The van der Waals surface area contributed by atoms with Gasteiger partial charge in [-0.3, -0.25) is 9.69 Å². The van der Waals surface area contributed by atoms with E-state index in [1.807, 2.05) is 27.6 Å². The molecule has 0 saturated carbocycles. The molecule has 8 heteroatoms. The predicted octanol–water partition coefficient (Wildman–Crippen LogP) is 2.01. The second-order valence-corrected chi connectivity index (χ2v) is 7.27. The Hall–Kier alpha value is -1.51. The van der Waals surface area contributed by atoms with E-state index < -0.39 is 0 Å². The fourth-order valence-corrected chi connectivity index (χ4v) is 4.17. The molecule has 1 amide bonds. The molecule has 0 saturated heterocycles. The number of carbonyl (C=O) groups excluding carboxylic acids is 1. The Morgan fingerprint density at radius 3 is 3.09 bits per heavy atom. The van der Waals surface area contributed by atoms with Gasteiger partial charge in [0, 0.05) is 37.4 Å². The molecule has 2 N–H and O–H groups in total. The lowest BCUT2D eigenvalue weighted by Gasteiger charge is -2.33. The summed E-state index contributed by atoms with van der Waals surface area (Å²) in [4.78, 5) is 14.8. The highest BCUT2D eigenvalue weighted by molar-refractivity contribution is 7.71. The van der Waals surface area contributed by atoms with E-state index in [0.717, 1.165) is 18.8 Å². The van der Waals surface area contributed by atoms with Crippen molar-refractivity contribution < 1.29 is 4.79 Å². The average Bonchev–Trinajstić information content (AvgIpc) is 3.09. The summed E-state index contributed by atoms with van der Waals surface area (Å²) in [5, 5.41) is 6.75. The molecule has 0 aliphatic carbocycles. The first-order valence-corrected chi connectivity index (χ1v) is 8.97. The van der Waals surface area contributed by atoms with Crippen molar-refractivity contribution in [2.45, 2.75) is 38.9 Å². The van der Waals surface area contributed by atoms with Gasteiger partial charge in [0.1, 0.15) is 5.82 Å². The fraction of sp³-hybridized carbons (Fsp3) is 0.533. The number of carbonyl (C=O) groups is 1. The summed E-state index contributed by atoms with van der Waals surface area (Å²) in [6.45, 7) is 3.90. The quantitative estimate of drug-likeness (QED) is 0.837. The summed E-state index contributed by atoms with van der Waals surface area (Å²) in [5.41, 5.74) is 6.64. The van der Waals surface area contributed by atoms with Crippen molar-refractivity contribution in [2.24, 2.45) is 12.8 Å². The van der Waals surface area contributed by atoms with Crippen LogP contribution in [-0.4, -0.2) is 31.7 Å². The van der Waals surface area contributed by atoms with Crippen molar-refractivity contribution in [1.82, 2.24) is 19.2 Å². The maximum Gasteiger partial charge on any atom is 0.217 e. The highest BCUT2D eigenvalue weighted by atomic mass is 32.1. The predicted molar refractivity (Wildman–Crippen MR) is 92.7 cm³/mol. The molecule has 1 atom stereocenters. The topological polar surface area (TPSA) is 69.1 Å². The Labute approximate surface area is 144 Å². The van der Waals surface area contributed by atoms with E-state index in [2.05, 4.69) is 28.4 Å². The maximum atomic E-state index is 11.0. The molecule has 1 unspecified atom stereocenters. The van der Waals surface area contributed by atoms with E-state index in [0.29, 0.717) is 23.9 Å². The number of nitrogens with zero attached hydrogens (tertiary/aromatic N) is 4. The highest BCUT2D eigenvalue weighted by Crippen LogP contribution is 2.32. The molecule has 1 aliphatic rings. The molecule has 0 radical (unpaired) electrons. The van der Waals surface area contributed by atoms with Gasteiger partial charge in [0.2, 0.25) is 5.91 Å². The van der Waals surface area contributed by atoms with Crippen molar-refractivity contribution in [3.63, 3.8) is 0 Å². The number of aromatic nitrogens is 3. The summed E-state index contributed by atoms with van der Waals surface area (Å²) in [5.74, 6) is 0.481. The summed E-state index contributed by atoms with van der Waals surface area (Å²) < 4.78 is 4.38. The lowest BCUT2D eigenvalue weighted by molar-refractivity contribution is -0.118. The Morgan fingerprint density at radius 1 is 1.57 bits per heavy atom. The zero-order valence-corrected chi connectivity index (χ0v) is 15.0. The number of nitrogens with two attached hydrogens (primary N) is 1. The number of aryl methyl sites for hydroxylation is 1. The van der Waals surface area contributed by atoms with E-state index >= 15 is 0 Å². The third kappa shape index (κ3) is 3.24. The molecule has 124 valence electrons. The SMILES string of the molecule is CC1c2ccsc2CCN1Cn1nc(CCC(N)=O)n(C)c1=S. The third-order valence-electron chi connectivity index (χ3n) is 4.45. The normalized spacial score (nSPS) is 18.1. The lowest BCUT2D eigenvalue weighted by Crippen LogP contribution is -2.35. The van der Waals surface area contributed by atoms with Crippen LogP contribution in [0.5, 0.6) is 0 Å². The summed E-state index contributed by atoms with van der Waals surface area (Å²) in [6.07, 6.45) is 1.89. The minimum Gasteiger partial charge on any atom is -0.370 e. The average molecular weight is 352 g/mol. The molecule has 0 spiro atoms. The van der Waals surface area contributed by atoms with E-state index in [4.69, 9.17) is 18.0 Å². The molecule has 3 heterocycles. The molecule has 23 heavy (non-hydrogen) atoms. The fourth-order valence-electron chi connectivity index (χ4n) is 3.00. The van der Waals surface area contributed by atoms with Gasteiger partial charge in [-0.05, 0) is 42.6 Å². The van der Waals surface area contributed by atoms with Gasteiger partial charge in [-0.25, -0.2) is 4.68 Å². The second-order valence-electron chi connectivity index (χ2n) is 5.90. The molecule has 1 aliphatic heterocycles. The molecule has 6 nitrogen and oxygen atoms in total. The highest BCUT2D eigenvalue weighted by Gasteiger charge is 2.25. The van der Waals surface area contributed by atoms with Crippen LogP contribution in [0.4, 0.5) is 0 Å². The van der Waals surface area contributed by atoms with Crippen molar-refractivity contribution >= 4 is 29.5 Å². The van der Waals surface area contributed by atoms with Crippen LogP contribution in [0.25, 0.3) is 0 Å². The van der Waals surface area contributed by atoms with Gasteiger partial charge < -0.3 is 10.3 Å². The number of primary amides is 1.